The van der Waals surface area contributed by atoms with Crippen LogP contribution in [-0.4, -0.2) is 45.6 Å². The summed E-state index contributed by atoms with van der Waals surface area (Å²) < 4.78 is 0. The van der Waals surface area contributed by atoms with Crippen molar-refractivity contribution in [1.82, 2.24) is 4.90 Å². The van der Waals surface area contributed by atoms with Crippen molar-refractivity contribution in [3.63, 3.8) is 0 Å². The molecule has 1 heterocycles. The Hall–Kier alpha value is 0.230. The molecule has 0 saturated carbocycles. The van der Waals surface area contributed by atoms with Gasteiger partial charge in [0.1, 0.15) is 0 Å². The van der Waals surface area contributed by atoms with E-state index >= 15 is 0 Å². The molecular weight excluding hydrogens is 150 g/mol. The Labute approximate surface area is 65.0 Å². The van der Waals surface area contributed by atoms with Crippen molar-refractivity contribution in [2.24, 2.45) is 0 Å². The van der Waals surface area contributed by atoms with Crippen LogP contribution in [0.1, 0.15) is 0 Å². The summed E-state index contributed by atoms with van der Waals surface area (Å²) in [7, 11) is 0. The van der Waals surface area contributed by atoms with Crippen LogP contribution in [0.5, 0.6) is 0 Å². The van der Waals surface area contributed by atoms with Crippen LogP contribution in [0.3, 0.4) is 0 Å². The van der Waals surface area contributed by atoms with E-state index in [0.29, 0.717) is 18.8 Å². The molecule has 1 fully saturated rings. The smallest absolute Gasteiger partial charge is 0.234 e. The number of aliphatic hydroxyl groups is 2. The van der Waals surface area contributed by atoms with Crippen LogP contribution in [0, 0.1) is 6.92 Å². The summed E-state index contributed by atoms with van der Waals surface area (Å²) in [6.07, 6.45) is 0. The summed E-state index contributed by atoms with van der Waals surface area (Å²) in [6, 6.07) is 0. The van der Waals surface area contributed by atoms with Gasteiger partial charge >= 0.3 is 0 Å². The molecule has 4 heteroatoms. The molecule has 0 aromatic rings. The third-order valence-corrected chi connectivity index (χ3v) is 2.64. The van der Waals surface area contributed by atoms with Gasteiger partial charge in [0, 0.05) is 18.8 Å². The molecule has 3 nitrogen and oxygen atoms in total. The van der Waals surface area contributed by atoms with Crippen molar-refractivity contribution >= 4 is 11.8 Å². The second-order valence-corrected chi connectivity index (χ2v) is 3.42. The van der Waals surface area contributed by atoms with Gasteiger partial charge in [-0.05, 0) is 6.92 Å². The van der Waals surface area contributed by atoms with Gasteiger partial charge in [0.15, 0.2) is 0 Å². The lowest BCUT2D eigenvalue weighted by Crippen LogP contribution is -2.54. The van der Waals surface area contributed by atoms with Crippen LogP contribution >= 0.6 is 11.8 Å². The van der Waals surface area contributed by atoms with Gasteiger partial charge in [0.2, 0.25) is 5.91 Å². The number of hydrogen-bond donors (Lipinski definition) is 2. The van der Waals surface area contributed by atoms with E-state index in [1.165, 1.54) is 0 Å². The lowest BCUT2D eigenvalue weighted by Gasteiger charge is -2.37. The fourth-order valence-corrected chi connectivity index (χ4v) is 1.90. The molecule has 0 aromatic heterocycles. The molecule has 0 aliphatic carbocycles. The molecule has 2 N–H and O–H groups in total. The maximum Gasteiger partial charge on any atom is 0.234 e. The third-order valence-electron chi connectivity index (χ3n) is 1.58. The Bertz CT molecular complexity index is 118. The molecule has 59 valence electrons. The zero-order valence-corrected chi connectivity index (χ0v) is 6.60. The van der Waals surface area contributed by atoms with Gasteiger partial charge in [-0.15, -0.1) is 0 Å². The van der Waals surface area contributed by atoms with E-state index in [0.717, 1.165) is 5.75 Å². The maximum absolute atomic E-state index is 9.25. The lowest BCUT2D eigenvalue weighted by molar-refractivity contribution is -0.244. The molecule has 1 aliphatic rings. The highest BCUT2D eigenvalue weighted by atomic mass is 32.2. The highest BCUT2D eigenvalue weighted by Gasteiger charge is 2.33. The molecule has 1 rings (SSSR count). The van der Waals surface area contributed by atoms with Crippen LogP contribution < -0.4 is 0 Å². The fourth-order valence-electron chi connectivity index (χ4n) is 0.945. The molecule has 0 unspecified atom stereocenters. The van der Waals surface area contributed by atoms with Crippen LogP contribution in [0.25, 0.3) is 0 Å². The largest absolute Gasteiger partial charge is 0.353 e. The van der Waals surface area contributed by atoms with E-state index < -0.39 is 5.91 Å². The van der Waals surface area contributed by atoms with Crippen LogP contribution in [-0.2, 0) is 0 Å². The van der Waals surface area contributed by atoms with E-state index in [1.807, 2.05) is 0 Å². The van der Waals surface area contributed by atoms with Crippen molar-refractivity contribution in [3.05, 3.63) is 6.92 Å². The first-order valence-corrected chi connectivity index (χ1v) is 4.39. The molecule has 1 saturated heterocycles. The zero-order chi connectivity index (χ0) is 7.61. The average molecular weight is 162 g/mol. The topological polar surface area (TPSA) is 43.7 Å². The van der Waals surface area contributed by atoms with Gasteiger partial charge in [-0.3, -0.25) is 4.90 Å². The monoisotopic (exact) mass is 162 g/mol. The summed E-state index contributed by atoms with van der Waals surface area (Å²) in [6.45, 7) is 4.76. The second-order valence-electron chi connectivity index (χ2n) is 2.31. The van der Waals surface area contributed by atoms with E-state index in [1.54, 1.807) is 16.7 Å². The highest BCUT2D eigenvalue weighted by molar-refractivity contribution is 7.99. The standard InChI is InChI=1S/C6H12NO2S/c1-2-7-3-4-10-5-6(7,8)9/h8-9H,1-5H2. The normalized spacial score (nSPS) is 26.7. The number of nitrogens with zero attached hydrogens (tertiary/aromatic N) is 1. The predicted octanol–water partition coefficient (Wildman–Crippen LogP) is -0.492. The van der Waals surface area contributed by atoms with Crippen molar-refractivity contribution < 1.29 is 10.2 Å². The Morgan fingerprint density at radius 2 is 2.30 bits per heavy atom. The van der Waals surface area contributed by atoms with Crippen molar-refractivity contribution in [3.8, 4) is 0 Å². The molecule has 1 radical (unpaired) electrons. The van der Waals surface area contributed by atoms with Crippen molar-refractivity contribution in [1.29, 1.82) is 0 Å². The molecule has 0 aromatic carbocycles. The lowest BCUT2D eigenvalue weighted by atomic mass is 10.4. The fraction of sp³-hybridized carbons (Fsp3) is 0.833. The van der Waals surface area contributed by atoms with E-state index in [4.69, 9.17) is 0 Å². The average Bonchev–Trinajstić information content (AvgIpc) is 1.87. The maximum atomic E-state index is 9.25. The summed E-state index contributed by atoms with van der Waals surface area (Å²) >= 11 is 1.55. The van der Waals surface area contributed by atoms with Gasteiger partial charge in [0.05, 0.1) is 5.75 Å². The molecule has 0 spiro atoms. The number of hydrogen-bond acceptors (Lipinski definition) is 4. The Morgan fingerprint density at radius 3 is 2.70 bits per heavy atom. The highest BCUT2D eigenvalue weighted by Crippen LogP contribution is 2.20. The third kappa shape index (κ3) is 1.63. The quantitative estimate of drug-likeness (QED) is 0.511. The summed E-state index contributed by atoms with van der Waals surface area (Å²) in [4.78, 5) is 1.56. The molecular formula is C6H12NO2S. The zero-order valence-electron chi connectivity index (χ0n) is 5.79. The van der Waals surface area contributed by atoms with Gasteiger partial charge in [-0.1, -0.05) is 0 Å². The molecule has 10 heavy (non-hydrogen) atoms. The second kappa shape index (κ2) is 3.09. The minimum Gasteiger partial charge on any atom is -0.353 e. The predicted molar refractivity (Wildman–Crippen MR) is 41.4 cm³/mol. The molecule has 0 bridgehead atoms. The first-order valence-electron chi connectivity index (χ1n) is 3.23. The van der Waals surface area contributed by atoms with E-state index in [-0.39, 0.29) is 0 Å². The summed E-state index contributed by atoms with van der Waals surface area (Å²) in [5, 5.41) is 18.5. The molecule has 0 atom stereocenters. The molecule has 0 amide bonds. The summed E-state index contributed by atoms with van der Waals surface area (Å²) in [5.41, 5.74) is 0. The van der Waals surface area contributed by atoms with Crippen LogP contribution in [0.2, 0.25) is 0 Å². The Morgan fingerprint density at radius 1 is 1.60 bits per heavy atom. The van der Waals surface area contributed by atoms with E-state index in [2.05, 4.69) is 6.92 Å². The van der Waals surface area contributed by atoms with Crippen molar-refractivity contribution in [2.45, 2.75) is 5.91 Å². The van der Waals surface area contributed by atoms with Gasteiger partial charge in [-0.25, -0.2) is 0 Å². The molecule has 1 aliphatic heterocycles. The first-order chi connectivity index (χ1) is 4.67. The Balaban J connectivity index is 2.51. The number of thioether (sulfide) groups is 1. The SMILES string of the molecule is [CH2]CN1CCSCC1(O)O. The minimum absolute atomic E-state index is 0.364. The van der Waals surface area contributed by atoms with Gasteiger partial charge in [0.25, 0.3) is 0 Å². The van der Waals surface area contributed by atoms with Gasteiger partial charge < -0.3 is 10.2 Å². The van der Waals surface area contributed by atoms with Crippen LogP contribution in [0.4, 0.5) is 0 Å². The summed E-state index contributed by atoms with van der Waals surface area (Å²) in [5.74, 6) is -0.300. The van der Waals surface area contributed by atoms with Gasteiger partial charge in [-0.2, -0.15) is 11.8 Å². The van der Waals surface area contributed by atoms with Crippen molar-refractivity contribution in [2.75, 3.05) is 24.6 Å². The minimum atomic E-state index is -1.62. The van der Waals surface area contributed by atoms with Crippen LogP contribution in [0.15, 0.2) is 0 Å². The van der Waals surface area contributed by atoms with E-state index in [9.17, 15) is 10.2 Å². The Kier molecular flexibility index (Phi) is 2.57. The first kappa shape index (κ1) is 8.33. The number of rotatable bonds is 1.